The van der Waals surface area contributed by atoms with E-state index in [9.17, 15) is 4.79 Å². The largest absolute Gasteiger partial charge is 0.369 e. The standard InChI is InChI=1S/C29H40N2O/c1-5-26(12-14-27-22-28(25(4)32)13-11-24(27)3)8-6-7-17-30-18-20-31(21-19-30)29-15-9-23(2)10-16-29/h9-16,22,26H,5-8,17-21H2,1-4H3. The third-order valence-electron chi connectivity index (χ3n) is 6.83. The Bertz CT molecular complexity index is 892. The minimum atomic E-state index is 0.131. The summed E-state index contributed by atoms with van der Waals surface area (Å²) < 4.78 is 0. The predicted molar refractivity (Wildman–Crippen MR) is 138 cm³/mol. The molecular weight excluding hydrogens is 392 g/mol. The summed E-state index contributed by atoms with van der Waals surface area (Å²) in [4.78, 5) is 16.8. The van der Waals surface area contributed by atoms with Gasteiger partial charge >= 0.3 is 0 Å². The van der Waals surface area contributed by atoms with Crippen LogP contribution in [0.15, 0.2) is 48.5 Å². The number of carbonyl (C=O) groups is 1. The van der Waals surface area contributed by atoms with E-state index in [1.165, 1.54) is 48.2 Å². The Morgan fingerprint density at radius 2 is 1.72 bits per heavy atom. The maximum absolute atomic E-state index is 11.7. The molecule has 0 N–H and O–H groups in total. The van der Waals surface area contributed by atoms with Crippen molar-refractivity contribution in [3.63, 3.8) is 0 Å². The smallest absolute Gasteiger partial charge is 0.159 e. The number of ketones is 1. The molecule has 1 saturated heterocycles. The number of hydrogen-bond donors (Lipinski definition) is 0. The van der Waals surface area contributed by atoms with Crippen molar-refractivity contribution < 1.29 is 4.79 Å². The molecule has 0 saturated carbocycles. The van der Waals surface area contributed by atoms with Gasteiger partial charge in [-0.3, -0.25) is 9.69 Å². The van der Waals surface area contributed by atoms with Crippen LogP contribution in [0.2, 0.25) is 0 Å². The summed E-state index contributed by atoms with van der Waals surface area (Å²) in [6, 6.07) is 14.9. The van der Waals surface area contributed by atoms with Gasteiger partial charge in [0.15, 0.2) is 5.78 Å². The molecule has 2 aromatic rings. The van der Waals surface area contributed by atoms with Crippen LogP contribution in [0.1, 0.15) is 66.6 Å². The first-order valence-corrected chi connectivity index (χ1v) is 12.3. The van der Waals surface area contributed by atoms with Crippen molar-refractivity contribution in [1.29, 1.82) is 0 Å². The number of benzene rings is 2. The summed E-state index contributed by atoms with van der Waals surface area (Å²) in [5.74, 6) is 0.736. The van der Waals surface area contributed by atoms with Gasteiger partial charge in [0, 0.05) is 37.4 Å². The molecule has 0 bridgehead atoms. The Morgan fingerprint density at radius 3 is 2.38 bits per heavy atom. The minimum absolute atomic E-state index is 0.131. The number of hydrogen-bond acceptors (Lipinski definition) is 3. The van der Waals surface area contributed by atoms with Crippen LogP contribution in [0.5, 0.6) is 0 Å². The third-order valence-corrected chi connectivity index (χ3v) is 6.83. The highest BCUT2D eigenvalue weighted by Crippen LogP contribution is 2.20. The molecule has 1 unspecified atom stereocenters. The van der Waals surface area contributed by atoms with Gasteiger partial charge in [-0.25, -0.2) is 0 Å². The second-order valence-corrected chi connectivity index (χ2v) is 9.32. The Labute approximate surface area is 195 Å². The molecule has 1 heterocycles. The molecule has 3 rings (SSSR count). The molecule has 0 aliphatic carbocycles. The molecule has 1 aliphatic rings. The minimum Gasteiger partial charge on any atom is -0.369 e. The molecular formula is C29H40N2O. The number of piperazine rings is 1. The summed E-state index contributed by atoms with van der Waals surface area (Å²) in [6.07, 6.45) is 9.52. The molecule has 172 valence electrons. The SMILES string of the molecule is CCC(C=Cc1cc(C(C)=O)ccc1C)CCCCN1CCN(c2ccc(C)cc2)CC1. The van der Waals surface area contributed by atoms with Crippen LogP contribution >= 0.6 is 0 Å². The Balaban J connectivity index is 1.39. The molecule has 3 heteroatoms. The van der Waals surface area contributed by atoms with E-state index in [-0.39, 0.29) is 5.78 Å². The molecule has 0 spiro atoms. The monoisotopic (exact) mass is 432 g/mol. The normalized spacial score (nSPS) is 15.9. The van der Waals surface area contributed by atoms with Crippen LogP contribution in [-0.4, -0.2) is 43.4 Å². The lowest BCUT2D eigenvalue weighted by Crippen LogP contribution is -2.46. The van der Waals surface area contributed by atoms with E-state index in [1.54, 1.807) is 6.92 Å². The van der Waals surface area contributed by atoms with Crippen molar-refractivity contribution in [2.24, 2.45) is 5.92 Å². The molecule has 1 aliphatic heterocycles. The summed E-state index contributed by atoms with van der Waals surface area (Å²) in [5, 5.41) is 0. The fourth-order valence-electron chi connectivity index (χ4n) is 4.44. The van der Waals surface area contributed by atoms with E-state index in [0.717, 1.165) is 38.2 Å². The molecule has 32 heavy (non-hydrogen) atoms. The van der Waals surface area contributed by atoms with Crippen molar-refractivity contribution in [2.45, 2.75) is 53.4 Å². The lowest BCUT2D eigenvalue weighted by molar-refractivity contribution is 0.101. The van der Waals surface area contributed by atoms with Gasteiger partial charge in [0.1, 0.15) is 0 Å². The number of unbranched alkanes of at least 4 members (excludes halogenated alkanes) is 1. The maximum atomic E-state index is 11.7. The van der Waals surface area contributed by atoms with Gasteiger partial charge in [-0.15, -0.1) is 0 Å². The van der Waals surface area contributed by atoms with Crippen molar-refractivity contribution in [3.8, 4) is 0 Å². The molecule has 0 radical (unpaired) electrons. The first-order valence-electron chi connectivity index (χ1n) is 12.3. The van der Waals surface area contributed by atoms with Gasteiger partial charge in [0.2, 0.25) is 0 Å². The number of Topliss-reactive ketones (excluding diaryl/α,β-unsaturated/α-hetero) is 1. The van der Waals surface area contributed by atoms with E-state index in [4.69, 9.17) is 0 Å². The van der Waals surface area contributed by atoms with Gasteiger partial charge in [-0.1, -0.05) is 55.3 Å². The second kappa shape index (κ2) is 12.0. The quantitative estimate of drug-likeness (QED) is 0.315. The number of nitrogens with zero attached hydrogens (tertiary/aromatic N) is 2. The fourth-order valence-corrected chi connectivity index (χ4v) is 4.44. The van der Waals surface area contributed by atoms with Gasteiger partial charge in [-0.2, -0.15) is 0 Å². The molecule has 2 aromatic carbocycles. The number of allylic oxidation sites excluding steroid dienone is 1. The number of anilines is 1. The van der Waals surface area contributed by atoms with Crippen molar-refractivity contribution in [1.82, 2.24) is 4.90 Å². The molecule has 0 aromatic heterocycles. The lowest BCUT2D eigenvalue weighted by Gasteiger charge is -2.36. The van der Waals surface area contributed by atoms with Gasteiger partial charge in [0.25, 0.3) is 0 Å². The Hall–Kier alpha value is -2.39. The lowest BCUT2D eigenvalue weighted by atomic mass is 9.96. The van der Waals surface area contributed by atoms with Crippen LogP contribution in [0, 0.1) is 19.8 Å². The van der Waals surface area contributed by atoms with Crippen LogP contribution < -0.4 is 4.90 Å². The first-order chi connectivity index (χ1) is 15.5. The van der Waals surface area contributed by atoms with E-state index in [2.05, 4.69) is 73.1 Å². The molecule has 1 fully saturated rings. The van der Waals surface area contributed by atoms with Gasteiger partial charge < -0.3 is 4.90 Å². The summed E-state index contributed by atoms with van der Waals surface area (Å²) in [7, 11) is 0. The first kappa shape index (κ1) is 24.3. The zero-order chi connectivity index (χ0) is 22.9. The third kappa shape index (κ3) is 7.06. The maximum Gasteiger partial charge on any atom is 0.159 e. The number of carbonyl (C=O) groups excluding carboxylic acids is 1. The Kier molecular flexibility index (Phi) is 9.11. The Morgan fingerprint density at radius 1 is 1.00 bits per heavy atom. The second-order valence-electron chi connectivity index (χ2n) is 9.32. The van der Waals surface area contributed by atoms with Crippen LogP contribution in [0.25, 0.3) is 6.08 Å². The topological polar surface area (TPSA) is 23.6 Å². The van der Waals surface area contributed by atoms with E-state index in [0.29, 0.717) is 5.92 Å². The zero-order valence-electron chi connectivity index (χ0n) is 20.4. The zero-order valence-corrected chi connectivity index (χ0v) is 20.4. The van der Waals surface area contributed by atoms with Crippen LogP contribution in [0.4, 0.5) is 5.69 Å². The van der Waals surface area contributed by atoms with E-state index >= 15 is 0 Å². The fraction of sp³-hybridized carbons (Fsp3) is 0.483. The van der Waals surface area contributed by atoms with E-state index in [1.807, 2.05) is 12.1 Å². The van der Waals surface area contributed by atoms with Gasteiger partial charge in [0.05, 0.1) is 0 Å². The van der Waals surface area contributed by atoms with Crippen LogP contribution in [-0.2, 0) is 0 Å². The summed E-state index contributed by atoms with van der Waals surface area (Å²) in [5.41, 5.74) is 5.88. The van der Waals surface area contributed by atoms with Crippen molar-refractivity contribution >= 4 is 17.5 Å². The highest BCUT2D eigenvalue weighted by atomic mass is 16.1. The highest BCUT2D eigenvalue weighted by molar-refractivity contribution is 5.94. The molecule has 0 amide bonds. The summed E-state index contributed by atoms with van der Waals surface area (Å²) in [6.45, 7) is 14.0. The average Bonchev–Trinajstić information content (AvgIpc) is 2.80. The highest BCUT2D eigenvalue weighted by Gasteiger charge is 2.16. The average molecular weight is 433 g/mol. The number of aryl methyl sites for hydroxylation is 2. The molecule has 1 atom stereocenters. The molecule has 3 nitrogen and oxygen atoms in total. The number of rotatable bonds is 10. The van der Waals surface area contributed by atoms with Crippen LogP contribution in [0.3, 0.4) is 0 Å². The van der Waals surface area contributed by atoms with Crippen molar-refractivity contribution in [2.75, 3.05) is 37.6 Å². The van der Waals surface area contributed by atoms with Gasteiger partial charge in [-0.05, 0) is 81.8 Å². The predicted octanol–water partition coefficient (Wildman–Crippen LogP) is 6.54. The van der Waals surface area contributed by atoms with Crippen molar-refractivity contribution in [3.05, 3.63) is 70.8 Å². The summed E-state index contributed by atoms with van der Waals surface area (Å²) >= 11 is 0. The van der Waals surface area contributed by atoms with E-state index < -0.39 is 0 Å².